The van der Waals surface area contributed by atoms with Gasteiger partial charge in [0.05, 0.1) is 8.93 Å². The number of carbonyl (C=O) groups is 2. The first-order valence-corrected chi connectivity index (χ1v) is 6.37. The number of hydrogen-bond acceptors (Lipinski definition) is 4. The van der Waals surface area contributed by atoms with Crippen LogP contribution < -0.4 is 5.32 Å². The molecule has 0 aliphatic carbocycles. The zero-order valence-corrected chi connectivity index (χ0v) is 10.7. The number of carbonyl (C=O) groups excluding carboxylic acids is 2. The van der Waals surface area contributed by atoms with Gasteiger partial charge in [-0.2, -0.15) is 0 Å². The number of Topliss-reactive ketones (excluding diaryl/α,β-unsaturated/α-hetero) is 1. The van der Waals surface area contributed by atoms with Gasteiger partial charge in [0.2, 0.25) is 0 Å². The number of rotatable bonds is 2. The summed E-state index contributed by atoms with van der Waals surface area (Å²) in [6.07, 6.45) is 3.26. The highest BCUT2D eigenvalue weighted by atomic mass is 127. The second-order valence-electron chi connectivity index (χ2n) is 3.20. The average molecular weight is 333 g/mol. The van der Waals surface area contributed by atoms with Crippen LogP contribution in [0.15, 0.2) is 23.7 Å². The molecule has 1 aliphatic heterocycles. The summed E-state index contributed by atoms with van der Waals surface area (Å²) in [4.78, 5) is 23.1. The Balaban J connectivity index is 2.19. The quantitative estimate of drug-likeness (QED) is 0.665. The zero-order valence-electron chi connectivity index (χ0n) is 7.70. The van der Waals surface area contributed by atoms with Crippen molar-refractivity contribution in [3.63, 3.8) is 0 Å². The summed E-state index contributed by atoms with van der Waals surface area (Å²) in [5.41, 5.74) is 0.709. The fraction of sp³-hybridized carbons (Fsp3) is 0.200. The summed E-state index contributed by atoms with van der Waals surface area (Å²) >= 11 is 3.67. The molecule has 0 bridgehead atoms. The lowest BCUT2D eigenvalue weighted by molar-refractivity contribution is -0.115. The summed E-state index contributed by atoms with van der Waals surface area (Å²) in [6, 6.07) is 1.41. The van der Waals surface area contributed by atoms with Crippen LogP contribution in [0.1, 0.15) is 16.8 Å². The molecule has 1 atom stereocenters. The predicted octanol–water partition coefficient (Wildman–Crippen LogP) is 1.98. The Labute approximate surface area is 105 Å². The van der Waals surface area contributed by atoms with Gasteiger partial charge in [-0.25, -0.2) is 0 Å². The van der Waals surface area contributed by atoms with E-state index in [4.69, 9.17) is 0 Å². The van der Waals surface area contributed by atoms with Crippen LogP contribution in [0.4, 0.5) is 0 Å². The van der Waals surface area contributed by atoms with Crippen molar-refractivity contribution in [1.29, 1.82) is 0 Å². The van der Waals surface area contributed by atoms with Crippen LogP contribution in [0.2, 0.25) is 0 Å². The molecule has 0 saturated carbocycles. The van der Waals surface area contributed by atoms with Crippen molar-refractivity contribution in [1.82, 2.24) is 5.32 Å². The van der Waals surface area contributed by atoms with Gasteiger partial charge in [-0.3, -0.25) is 9.59 Å². The molecule has 1 unspecified atom stereocenters. The van der Waals surface area contributed by atoms with Crippen LogP contribution in [0, 0.1) is 2.88 Å². The summed E-state index contributed by atoms with van der Waals surface area (Å²) < 4.78 is 0.974. The van der Waals surface area contributed by atoms with Crippen molar-refractivity contribution in [3.8, 4) is 0 Å². The van der Waals surface area contributed by atoms with Crippen molar-refractivity contribution in [2.24, 2.45) is 0 Å². The van der Waals surface area contributed by atoms with Crippen LogP contribution >= 0.6 is 33.9 Å². The number of ketones is 2. The molecular formula is C10H8INO2S. The SMILES string of the molecule is O=C1C=CNC(C(=O)c2ccsc2I)C1. The number of allylic oxidation sites excluding steroid dienone is 1. The fourth-order valence-electron chi connectivity index (χ4n) is 1.41. The molecule has 1 aliphatic rings. The molecule has 0 fully saturated rings. The van der Waals surface area contributed by atoms with E-state index in [0.717, 1.165) is 2.88 Å². The molecule has 0 saturated heterocycles. The number of thiophene rings is 1. The Bertz CT molecular complexity index is 438. The van der Waals surface area contributed by atoms with Gasteiger partial charge in [-0.15, -0.1) is 11.3 Å². The van der Waals surface area contributed by atoms with Crippen LogP contribution in [0.25, 0.3) is 0 Å². The van der Waals surface area contributed by atoms with Crippen LogP contribution in [0.3, 0.4) is 0 Å². The maximum atomic E-state index is 12.0. The summed E-state index contributed by atoms with van der Waals surface area (Å²) in [6.45, 7) is 0. The highest BCUT2D eigenvalue weighted by molar-refractivity contribution is 14.1. The Morgan fingerprint density at radius 3 is 3.00 bits per heavy atom. The molecule has 0 spiro atoms. The van der Waals surface area contributed by atoms with E-state index in [1.807, 2.05) is 5.38 Å². The fourth-order valence-corrected chi connectivity index (χ4v) is 2.92. The molecule has 1 aromatic rings. The van der Waals surface area contributed by atoms with Crippen LogP contribution in [-0.2, 0) is 4.79 Å². The Kier molecular flexibility index (Phi) is 3.20. The van der Waals surface area contributed by atoms with E-state index < -0.39 is 6.04 Å². The topological polar surface area (TPSA) is 46.2 Å². The molecule has 0 amide bonds. The van der Waals surface area contributed by atoms with Gasteiger partial charge >= 0.3 is 0 Å². The van der Waals surface area contributed by atoms with Gasteiger partial charge in [0, 0.05) is 18.2 Å². The monoisotopic (exact) mass is 333 g/mol. The van der Waals surface area contributed by atoms with E-state index in [0.29, 0.717) is 5.56 Å². The van der Waals surface area contributed by atoms with Crippen molar-refractivity contribution >= 4 is 45.5 Å². The van der Waals surface area contributed by atoms with E-state index >= 15 is 0 Å². The van der Waals surface area contributed by atoms with Gasteiger partial charge in [-0.1, -0.05) is 0 Å². The zero-order chi connectivity index (χ0) is 10.8. The molecule has 3 nitrogen and oxygen atoms in total. The van der Waals surface area contributed by atoms with Crippen molar-refractivity contribution in [3.05, 3.63) is 32.2 Å². The molecule has 15 heavy (non-hydrogen) atoms. The van der Waals surface area contributed by atoms with Gasteiger partial charge in [-0.05, 0) is 40.1 Å². The van der Waals surface area contributed by atoms with Crippen molar-refractivity contribution in [2.45, 2.75) is 12.5 Å². The third-order valence-electron chi connectivity index (χ3n) is 2.17. The average Bonchev–Trinajstić information content (AvgIpc) is 2.63. The maximum Gasteiger partial charge on any atom is 0.187 e. The molecule has 2 rings (SSSR count). The van der Waals surface area contributed by atoms with Gasteiger partial charge in [0.1, 0.15) is 0 Å². The highest BCUT2D eigenvalue weighted by Gasteiger charge is 2.25. The largest absolute Gasteiger partial charge is 0.380 e. The Hall–Kier alpha value is -0.690. The van der Waals surface area contributed by atoms with Crippen molar-refractivity contribution in [2.75, 3.05) is 0 Å². The summed E-state index contributed by atoms with van der Waals surface area (Å²) in [5, 5.41) is 4.80. The minimum absolute atomic E-state index is 0.00153. The number of nitrogens with one attached hydrogen (secondary N) is 1. The first-order chi connectivity index (χ1) is 7.18. The van der Waals surface area contributed by atoms with E-state index in [2.05, 4.69) is 27.9 Å². The van der Waals surface area contributed by atoms with E-state index in [9.17, 15) is 9.59 Å². The first-order valence-electron chi connectivity index (χ1n) is 4.41. The summed E-state index contributed by atoms with van der Waals surface area (Å²) in [7, 11) is 0. The second kappa shape index (κ2) is 4.44. The van der Waals surface area contributed by atoms with Gasteiger partial charge in [0.15, 0.2) is 11.6 Å². The molecular weight excluding hydrogens is 325 g/mol. The minimum atomic E-state index is -0.398. The van der Waals surface area contributed by atoms with E-state index in [-0.39, 0.29) is 18.0 Å². The standard InChI is InChI=1S/C10H8INO2S/c11-10-7(2-4-15-10)9(14)8-5-6(13)1-3-12-8/h1-4,8,12H,5H2. The third kappa shape index (κ3) is 2.28. The van der Waals surface area contributed by atoms with Crippen LogP contribution in [-0.4, -0.2) is 17.6 Å². The molecule has 5 heteroatoms. The Morgan fingerprint density at radius 2 is 2.40 bits per heavy atom. The maximum absolute atomic E-state index is 12.0. The minimum Gasteiger partial charge on any atom is -0.380 e. The summed E-state index contributed by atoms with van der Waals surface area (Å²) in [5.74, 6) is -0.00399. The second-order valence-corrected chi connectivity index (χ2v) is 5.92. The van der Waals surface area contributed by atoms with Gasteiger partial charge in [0.25, 0.3) is 0 Å². The van der Waals surface area contributed by atoms with E-state index in [1.165, 1.54) is 17.4 Å². The van der Waals surface area contributed by atoms with Crippen molar-refractivity contribution < 1.29 is 9.59 Å². The lowest BCUT2D eigenvalue weighted by Gasteiger charge is -2.17. The molecule has 78 valence electrons. The first kappa shape index (κ1) is 10.8. The molecule has 2 heterocycles. The molecule has 0 radical (unpaired) electrons. The normalized spacial score (nSPS) is 20.1. The highest BCUT2D eigenvalue weighted by Crippen LogP contribution is 2.21. The molecule has 0 aromatic carbocycles. The van der Waals surface area contributed by atoms with Gasteiger partial charge < -0.3 is 5.32 Å². The smallest absolute Gasteiger partial charge is 0.187 e. The van der Waals surface area contributed by atoms with Crippen LogP contribution in [0.5, 0.6) is 0 Å². The lowest BCUT2D eigenvalue weighted by atomic mass is 10.00. The molecule has 1 aromatic heterocycles. The predicted molar refractivity (Wildman–Crippen MR) is 67.1 cm³/mol. The lowest BCUT2D eigenvalue weighted by Crippen LogP contribution is -2.38. The Morgan fingerprint density at radius 1 is 1.60 bits per heavy atom. The third-order valence-corrected chi connectivity index (χ3v) is 4.21. The molecule has 1 N–H and O–H groups in total. The number of halogens is 1. The van der Waals surface area contributed by atoms with E-state index in [1.54, 1.807) is 12.3 Å². The number of hydrogen-bond donors (Lipinski definition) is 1.